The average Bonchev–Trinajstić information content (AvgIpc) is 2.90. The number of carbonyl (C=O) groups excluding carboxylic acids is 1. The Bertz CT molecular complexity index is 376. The average molecular weight is 340 g/mol. The van der Waals surface area contributed by atoms with Crippen molar-refractivity contribution in [3.8, 4) is 0 Å². The zero-order valence-corrected chi connectivity index (χ0v) is 13.9. The minimum atomic E-state index is 0. The van der Waals surface area contributed by atoms with E-state index < -0.39 is 0 Å². The summed E-state index contributed by atoms with van der Waals surface area (Å²) in [7, 11) is 0. The molecule has 4 nitrogen and oxygen atoms in total. The zero-order valence-electron chi connectivity index (χ0n) is 11.4. The Morgan fingerprint density at radius 1 is 1.40 bits per heavy atom. The largest absolute Gasteiger partial charge is 0.353 e. The van der Waals surface area contributed by atoms with Crippen molar-refractivity contribution in [1.29, 1.82) is 0 Å². The summed E-state index contributed by atoms with van der Waals surface area (Å²) in [4.78, 5) is 16.1. The third-order valence-corrected chi connectivity index (χ3v) is 4.29. The molecular weight excluding hydrogens is 317 g/mol. The van der Waals surface area contributed by atoms with Crippen molar-refractivity contribution in [2.45, 2.75) is 44.6 Å². The fourth-order valence-electron chi connectivity index (χ4n) is 2.56. The minimum Gasteiger partial charge on any atom is -0.353 e. The number of carbonyl (C=O) groups is 1. The smallest absolute Gasteiger partial charge is 0.220 e. The monoisotopic (exact) mass is 339 g/mol. The third kappa shape index (κ3) is 5.95. The Balaban J connectivity index is 0.00000180. The molecule has 1 aromatic heterocycles. The Morgan fingerprint density at radius 3 is 2.80 bits per heavy atom. The lowest BCUT2D eigenvalue weighted by Crippen LogP contribution is -2.44. The van der Waals surface area contributed by atoms with Crippen LogP contribution in [0.3, 0.4) is 0 Å². The minimum absolute atomic E-state index is 0. The fraction of sp³-hybridized carbons (Fsp3) is 0.692. The predicted octanol–water partition coefficient (Wildman–Crippen LogP) is 2.55. The van der Waals surface area contributed by atoms with E-state index in [4.69, 9.17) is 5.73 Å². The van der Waals surface area contributed by atoms with E-state index in [1.165, 1.54) is 12.8 Å². The van der Waals surface area contributed by atoms with E-state index in [0.717, 1.165) is 25.0 Å². The lowest BCUT2D eigenvalue weighted by atomic mass is 9.84. The molecule has 1 saturated carbocycles. The number of hydrogen-bond acceptors (Lipinski definition) is 4. The Kier molecular flexibility index (Phi) is 10.2. The van der Waals surface area contributed by atoms with Gasteiger partial charge in [-0.05, 0) is 31.7 Å². The van der Waals surface area contributed by atoms with Crippen molar-refractivity contribution in [3.63, 3.8) is 0 Å². The zero-order chi connectivity index (χ0) is 12.8. The molecule has 3 N–H and O–H groups in total. The second-order valence-corrected chi connectivity index (χ2v) is 5.65. The van der Waals surface area contributed by atoms with Gasteiger partial charge in [-0.15, -0.1) is 36.2 Å². The number of nitrogens with one attached hydrogen (secondary N) is 1. The topological polar surface area (TPSA) is 68.0 Å². The molecule has 1 amide bonds. The van der Waals surface area contributed by atoms with Crippen LogP contribution in [0.2, 0.25) is 0 Å². The summed E-state index contributed by atoms with van der Waals surface area (Å²) in [6, 6.07) is 0.284. The van der Waals surface area contributed by atoms with Gasteiger partial charge in [-0.3, -0.25) is 4.79 Å². The molecule has 0 radical (unpaired) electrons. The Hall–Kier alpha value is -0.360. The second kappa shape index (κ2) is 10.4. The molecule has 1 heterocycles. The fourth-order valence-corrected chi connectivity index (χ4v) is 3.15. The van der Waals surface area contributed by atoms with Crippen molar-refractivity contribution in [2.75, 3.05) is 6.54 Å². The first kappa shape index (κ1) is 19.6. The normalized spacial score (nSPS) is 21.4. The molecule has 0 aromatic carbocycles. The molecule has 0 spiro atoms. The highest BCUT2D eigenvalue weighted by atomic mass is 35.5. The highest BCUT2D eigenvalue weighted by Crippen LogP contribution is 2.23. The summed E-state index contributed by atoms with van der Waals surface area (Å²) in [5.74, 6) is 0.593. The molecule has 0 aliphatic heterocycles. The molecule has 2 unspecified atom stereocenters. The second-order valence-electron chi connectivity index (χ2n) is 4.93. The van der Waals surface area contributed by atoms with Gasteiger partial charge in [-0.1, -0.05) is 12.8 Å². The number of amides is 1. The quantitative estimate of drug-likeness (QED) is 0.866. The van der Waals surface area contributed by atoms with Crippen molar-refractivity contribution in [2.24, 2.45) is 11.7 Å². The first-order valence-corrected chi connectivity index (χ1v) is 7.60. The molecule has 1 aliphatic rings. The number of nitrogens with zero attached hydrogens (tertiary/aromatic N) is 1. The maximum atomic E-state index is 11.9. The number of halogens is 2. The number of nitrogens with two attached hydrogens (primary N) is 1. The highest BCUT2D eigenvalue weighted by molar-refractivity contribution is 7.07. The SMILES string of the molecule is Cl.Cl.NCC1CCCCC1NC(=O)CCc1cscn1. The Morgan fingerprint density at radius 2 is 2.15 bits per heavy atom. The summed E-state index contributed by atoms with van der Waals surface area (Å²) >= 11 is 1.57. The van der Waals surface area contributed by atoms with Gasteiger partial charge in [-0.25, -0.2) is 4.98 Å². The van der Waals surface area contributed by atoms with Crippen LogP contribution in [-0.2, 0) is 11.2 Å². The van der Waals surface area contributed by atoms with Crippen LogP contribution >= 0.6 is 36.2 Å². The molecular formula is C13H23Cl2N3OS. The van der Waals surface area contributed by atoms with Gasteiger partial charge >= 0.3 is 0 Å². The van der Waals surface area contributed by atoms with Crippen LogP contribution in [0.5, 0.6) is 0 Å². The molecule has 0 saturated heterocycles. The number of aromatic nitrogens is 1. The van der Waals surface area contributed by atoms with Gasteiger partial charge in [0.05, 0.1) is 11.2 Å². The van der Waals surface area contributed by atoms with Gasteiger partial charge < -0.3 is 11.1 Å². The van der Waals surface area contributed by atoms with Crippen molar-refractivity contribution >= 4 is 42.1 Å². The van der Waals surface area contributed by atoms with Gasteiger partial charge in [0.25, 0.3) is 0 Å². The van der Waals surface area contributed by atoms with Crippen molar-refractivity contribution < 1.29 is 4.79 Å². The van der Waals surface area contributed by atoms with Crippen LogP contribution in [0.1, 0.15) is 37.8 Å². The molecule has 1 aromatic rings. The molecule has 1 fully saturated rings. The van der Waals surface area contributed by atoms with E-state index in [2.05, 4.69) is 10.3 Å². The molecule has 0 bridgehead atoms. The van der Waals surface area contributed by atoms with E-state index in [-0.39, 0.29) is 36.8 Å². The van der Waals surface area contributed by atoms with Crippen molar-refractivity contribution in [1.82, 2.24) is 10.3 Å². The van der Waals surface area contributed by atoms with E-state index in [9.17, 15) is 4.79 Å². The van der Waals surface area contributed by atoms with E-state index in [1.54, 1.807) is 16.8 Å². The van der Waals surface area contributed by atoms with E-state index in [1.807, 2.05) is 5.38 Å². The van der Waals surface area contributed by atoms with Gasteiger partial charge in [-0.2, -0.15) is 0 Å². The predicted molar refractivity (Wildman–Crippen MR) is 87.9 cm³/mol. The van der Waals surface area contributed by atoms with Crippen LogP contribution in [0.4, 0.5) is 0 Å². The maximum Gasteiger partial charge on any atom is 0.220 e. The van der Waals surface area contributed by atoms with Crippen LogP contribution in [0, 0.1) is 5.92 Å². The summed E-state index contributed by atoms with van der Waals surface area (Å²) in [6.07, 6.45) is 5.92. The molecule has 2 rings (SSSR count). The highest BCUT2D eigenvalue weighted by Gasteiger charge is 2.24. The summed E-state index contributed by atoms with van der Waals surface area (Å²) in [5.41, 5.74) is 8.57. The lowest BCUT2D eigenvalue weighted by Gasteiger charge is -2.31. The van der Waals surface area contributed by atoms with Crippen LogP contribution in [0.15, 0.2) is 10.9 Å². The number of hydrogen-bond donors (Lipinski definition) is 2. The van der Waals surface area contributed by atoms with E-state index >= 15 is 0 Å². The summed E-state index contributed by atoms with van der Waals surface area (Å²) in [5, 5.41) is 5.14. The van der Waals surface area contributed by atoms with Gasteiger partial charge in [0, 0.05) is 17.8 Å². The molecule has 116 valence electrons. The third-order valence-electron chi connectivity index (χ3n) is 3.65. The van der Waals surface area contributed by atoms with E-state index in [0.29, 0.717) is 18.9 Å². The molecule has 1 aliphatic carbocycles. The molecule has 20 heavy (non-hydrogen) atoms. The number of aryl methyl sites for hydroxylation is 1. The number of rotatable bonds is 5. The van der Waals surface area contributed by atoms with Crippen molar-refractivity contribution in [3.05, 3.63) is 16.6 Å². The van der Waals surface area contributed by atoms with Gasteiger partial charge in [0.15, 0.2) is 0 Å². The van der Waals surface area contributed by atoms with Gasteiger partial charge in [0.1, 0.15) is 0 Å². The Labute approximate surface area is 136 Å². The number of thiazole rings is 1. The summed E-state index contributed by atoms with van der Waals surface area (Å²) in [6.45, 7) is 0.678. The van der Waals surface area contributed by atoms with Crippen LogP contribution in [-0.4, -0.2) is 23.5 Å². The van der Waals surface area contributed by atoms with Crippen LogP contribution in [0.25, 0.3) is 0 Å². The first-order chi connectivity index (χ1) is 8.79. The van der Waals surface area contributed by atoms with Gasteiger partial charge in [0.2, 0.25) is 5.91 Å². The first-order valence-electron chi connectivity index (χ1n) is 6.66. The standard InChI is InChI=1S/C13H21N3OS.2ClH/c14-7-10-3-1-2-4-12(10)16-13(17)6-5-11-8-18-9-15-11;;/h8-10,12H,1-7,14H2,(H,16,17);2*1H. The molecule has 2 atom stereocenters. The molecule has 7 heteroatoms. The lowest BCUT2D eigenvalue weighted by molar-refractivity contribution is -0.122. The van der Waals surface area contributed by atoms with Crippen LogP contribution < -0.4 is 11.1 Å². The summed E-state index contributed by atoms with van der Waals surface area (Å²) < 4.78 is 0. The maximum absolute atomic E-state index is 11.9.